The second kappa shape index (κ2) is 6.28. The Labute approximate surface area is 124 Å². The van der Waals surface area contributed by atoms with Gasteiger partial charge in [-0.25, -0.2) is 0 Å². The topological polar surface area (TPSA) is 83.6 Å². The molecule has 0 aliphatic carbocycles. The van der Waals surface area contributed by atoms with Crippen molar-refractivity contribution in [3.63, 3.8) is 0 Å². The van der Waals surface area contributed by atoms with Gasteiger partial charge in [0.15, 0.2) is 5.76 Å². The van der Waals surface area contributed by atoms with Gasteiger partial charge >= 0.3 is 5.97 Å². The molecule has 1 aromatic heterocycles. The molecule has 1 amide bonds. The number of amides is 1. The van der Waals surface area contributed by atoms with Crippen molar-refractivity contribution in [3.8, 4) is 0 Å². The van der Waals surface area contributed by atoms with E-state index in [9.17, 15) is 9.59 Å². The predicted octanol–water partition coefficient (Wildman–Crippen LogP) is 2.43. The Morgan fingerprint density at radius 1 is 1.48 bits per heavy atom. The van der Waals surface area contributed by atoms with Crippen LogP contribution in [0.25, 0.3) is 0 Å². The van der Waals surface area contributed by atoms with E-state index in [1.54, 1.807) is 11.8 Å². The van der Waals surface area contributed by atoms with Gasteiger partial charge in [0, 0.05) is 25.4 Å². The normalized spacial score (nSPS) is 18.5. The Bertz CT molecular complexity index is 536. The zero-order valence-electron chi connectivity index (χ0n) is 12.8. The molecule has 1 saturated heterocycles. The predicted molar refractivity (Wildman–Crippen MR) is 76.2 cm³/mol. The number of carbonyl (C=O) groups excluding carboxylic acids is 1. The van der Waals surface area contributed by atoms with Crippen LogP contribution < -0.4 is 0 Å². The van der Waals surface area contributed by atoms with E-state index in [4.69, 9.17) is 9.63 Å². The molecule has 1 atom stereocenters. The molecule has 1 aliphatic rings. The Hall–Kier alpha value is -1.85. The van der Waals surface area contributed by atoms with Gasteiger partial charge in [0.1, 0.15) is 5.56 Å². The number of aromatic nitrogens is 1. The number of aliphatic carboxylic acids is 1. The van der Waals surface area contributed by atoms with Gasteiger partial charge in [0.2, 0.25) is 0 Å². The molecule has 1 unspecified atom stereocenters. The van der Waals surface area contributed by atoms with Gasteiger partial charge in [-0.15, -0.1) is 0 Å². The Morgan fingerprint density at radius 3 is 2.81 bits per heavy atom. The number of likely N-dealkylation sites (tertiary alicyclic amines) is 1. The van der Waals surface area contributed by atoms with Crippen molar-refractivity contribution in [2.45, 2.75) is 46.0 Å². The fourth-order valence-electron chi connectivity index (χ4n) is 2.78. The Kier molecular flexibility index (Phi) is 4.65. The van der Waals surface area contributed by atoms with Gasteiger partial charge < -0.3 is 14.5 Å². The van der Waals surface area contributed by atoms with Crippen molar-refractivity contribution in [2.24, 2.45) is 5.92 Å². The van der Waals surface area contributed by atoms with Crippen molar-refractivity contribution in [1.29, 1.82) is 0 Å². The quantitative estimate of drug-likeness (QED) is 0.901. The van der Waals surface area contributed by atoms with Gasteiger partial charge in [-0.3, -0.25) is 9.59 Å². The van der Waals surface area contributed by atoms with Crippen molar-refractivity contribution in [3.05, 3.63) is 17.0 Å². The fraction of sp³-hybridized carbons (Fsp3) is 0.667. The summed E-state index contributed by atoms with van der Waals surface area (Å²) in [5.41, 5.74) is 1.20. The lowest BCUT2D eigenvalue weighted by Crippen LogP contribution is -2.29. The number of carboxylic acids is 1. The van der Waals surface area contributed by atoms with Crippen LogP contribution in [0.5, 0.6) is 0 Å². The highest BCUT2D eigenvalue weighted by atomic mass is 16.5. The summed E-state index contributed by atoms with van der Waals surface area (Å²) < 4.78 is 5.27. The average molecular weight is 294 g/mol. The van der Waals surface area contributed by atoms with Crippen LogP contribution in [-0.4, -0.2) is 40.1 Å². The van der Waals surface area contributed by atoms with Crippen molar-refractivity contribution in [2.75, 3.05) is 13.1 Å². The number of carboxylic acid groups (broad SMARTS) is 1. The van der Waals surface area contributed by atoms with Gasteiger partial charge in [0.25, 0.3) is 5.91 Å². The van der Waals surface area contributed by atoms with Gasteiger partial charge in [-0.05, 0) is 25.7 Å². The molecule has 1 aliphatic heterocycles. The second-order valence-corrected chi connectivity index (χ2v) is 6.00. The summed E-state index contributed by atoms with van der Waals surface area (Å²) in [6.07, 6.45) is 1.65. The smallest absolute Gasteiger partial charge is 0.303 e. The van der Waals surface area contributed by atoms with Crippen LogP contribution in [0.4, 0.5) is 0 Å². The molecule has 0 bridgehead atoms. The van der Waals surface area contributed by atoms with E-state index < -0.39 is 5.97 Å². The van der Waals surface area contributed by atoms with E-state index in [1.165, 1.54) is 0 Å². The molecule has 2 rings (SSSR count). The molecule has 21 heavy (non-hydrogen) atoms. The highest BCUT2D eigenvalue weighted by Gasteiger charge is 2.31. The zero-order chi connectivity index (χ0) is 15.6. The lowest BCUT2D eigenvalue weighted by Gasteiger charge is -2.17. The standard InChI is InChI=1S/C15H22N2O4/c1-9(2)14-13(10(3)16-21-14)15(20)17-7-6-11(8-17)4-5-12(18)19/h9,11H,4-8H2,1-3H3,(H,18,19). The van der Waals surface area contributed by atoms with E-state index in [2.05, 4.69) is 5.16 Å². The van der Waals surface area contributed by atoms with E-state index in [-0.39, 0.29) is 24.2 Å². The Morgan fingerprint density at radius 2 is 2.19 bits per heavy atom. The molecule has 0 aromatic carbocycles. The minimum atomic E-state index is -0.781. The van der Waals surface area contributed by atoms with E-state index in [0.29, 0.717) is 36.5 Å². The molecule has 0 saturated carbocycles. The molecule has 6 nitrogen and oxygen atoms in total. The third-order valence-electron chi connectivity index (χ3n) is 3.97. The summed E-state index contributed by atoms with van der Waals surface area (Å²) in [4.78, 5) is 25.1. The molecule has 0 spiro atoms. The summed E-state index contributed by atoms with van der Waals surface area (Å²) in [7, 11) is 0. The maximum atomic E-state index is 12.6. The molecule has 116 valence electrons. The summed E-state index contributed by atoms with van der Waals surface area (Å²) >= 11 is 0. The molecule has 0 radical (unpaired) electrons. The monoisotopic (exact) mass is 294 g/mol. The molecule has 1 fully saturated rings. The third-order valence-corrected chi connectivity index (χ3v) is 3.97. The number of hydrogen-bond acceptors (Lipinski definition) is 4. The number of carbonyl (C=O) groups is 2. The first-order valence-corrected chi connectivity index (χ1v) is 7.37. The maximum Gasteiger partial charge on any atom is 0.303 e. The van der Waals surface area contributed by atoms with E-state index in [0.717, 1.165) is 6.42 Å². The summed E-state index contributed by atoms with van der Waals surface area (Å²) in [6, 6.07) is 0. The molecular formula is C15H22N2O4. The largest absolute Gasteiger partial charge is 0.481 e. The van der Waals surface area contributed by atoms with Crippen LogP contribution in [0.1, 0.15) is 60.8 Å². The first-order chi connectivity index (χ1) is 9.90. The minimum absolute atomic E-state index is 0.0460. The number of hydrogen-bond donors (Lipinski definition) is 1. The number of rotatable bonds is 5. The summed E-state index contributed by atoms with van der Waals surface area (Å²) in [5.74, 6) is 0.182. The van der Waals surface area contributed by atoms with E-state index >= 15 is 0 Å². The van der Waals surface area contributed by atoms with Gasteiger partial charge in [-0.2, -0.15) is 0 Å². The SMILES string of the molecule is Cc1noc(C(C)C)c1C(=O)N1CCC(CCC(=O)O)C1. The first kappa shape index (κ1) is 15.5. The lowest BCUT2D eigenvalue weighted by molar-refractivity contribution is -0.137. The number of nitrogens with zero attached hydrogens (tertiary/aromatic N) is 2. The summed E-state index contributed by atoms with van der Waals surface area (Å²) in [5, 5.41) is 12.6. The fourth-order valence-corrected chi connectivity index (χ4v) is 2.78. The van der Waals surface area contributed by atoms with E-state index in [1.807, 2.05) is 13.8 Å². The first-order valence-electron chi connectivity index (χ1n) is 7.37. The third kappa shape index (κ3) is 3.43. The lowest BCUT2D eigenvalue weighted by atomic mass is 10.0. The summed E-state index contributed by atoms with van der Waals surface area (Å²) in [6.45, 7) is 7.01. The van der Waals surface area contributed by atoms with Gasteiger partial charge in [0.05, 0.1) is 5.69 Å². The van der Waals surface area contributed by atoms with Crippen LogP contribution in [0, 0.1) is 12.8 Å². The molecular weight excluding hydrogens is 272 g/mol. The average Bonchev–Trinajstić information content (AvgIpc) is 3.02. The Balaban J connectivity index is 2.05. The zero-order valence-corrected chi connectivity index (χ0v) is 12.8. The highest BCUT2D eigenvalue weighted by molar-refractivity contribution is 5.96. The van der Waals surface area contributed by atoms with Crippen molar-refractivity contribution >= 4 is 11.9 Å². The molecule has 2 heterocycles. The minimum Gasteiger partial charge on any atom is -0.481 e. The molecule has 1 aromatic rings. The van der Waals surface area contributed by atoms with Crippen molar-refractivity contribution < 1.29 is 19.2 Å². The molecule has 1 N–H and O–H groups in total. The van der Waals surface area contributed by atoms with Crippen LogP contribution in [0.3, 0.4) is 0 Å². The van der Waals surface area contributed by atoms with Gasteiger partial charge in [-0.1, -0.05) is 19.0 Å². The maximum absolute atomic E-state index is 12.6. The highest BCUT2D eigenvalue weighted by Crippen LogP contribution is 2.27. The van der Waals surface area contributed by atoms with Crippen molar-refractivity contribution in [1.82, 2.24) is 10.1 Å². The van der Waals surface area contributed by atoms with Crippen LogP contribution in [0.15, 0.2) is 4.52 Å². The van der Waals surface area contributed by atoms with Crippen LogP contribution in [0.2, 0.25) is 0 Å². The van der Waals surface area contributed by atoms with Crippen LogP contribution >= 0.6 is 0 Å². The van der Waals surface area contributed by atoms with Crippen LogP contribution in [-0.2, 0) is 4.79 Å². The number of aryl methyl sites for hydroxylation is 1. The molecule has 6 heteroatoms. The second-order valence-electron chi connectivity index (χ2n) is 6.00.